The number of piperazine rings is 1. The minimum atomic E-state index is -0.603. The van der Waals surface area contributed by atoms with Crippen LogP contribution in [0.5, 0.6) is 0 Å². The molecule has 4 heterocycles. The van der Waals surface area contributed by atoms with Crippen LogP contribution in [0.4, 0.5) is 10.5 Å². The summed E-state index contributed by atoms with van der Waals surface area (Å²) >= 11 is 0. The van der Waals surface area contributed by atoms with Gasteiger partial charge in [-0.3, -0.25) is 19.7 Å². The van der Waals surface area contributed by atoms with Gasteiger partial charge in [0.2, 0.25) is 0 Å². The molecule has 0 saturated carbocycles. The highest BCUT2D eigenvalue weighted by Gasteiger charge is 2.34. The maximum atomic E-state index is 13.9. The number of carbonyl (C=O) groups excluding carboxylic acids is 3. The lowest BCUT2D eigenvalue weighted by atomic mass is 9.90. The molecule has 2 aliphatic rings. The fourth-order valence-corrected chi connectivity index (χ4v) is 5.34. The third kappa shape index (κ3) is 6.14. The van der Waals surface area contributed by atoms with Gasteiger partial charge in [-0.25, -0.2) is 9.48 Å². The maximum absolute atomic E-state index is 13.9. The highest BCUT2D eigenvalue weighted by atomic mass is 16.6. The number of furan rings is 1. The molecule has 0 N–H and O–H groups in total. The van der Waals surface area contributed by atoms with Gasteiger partial charge in [0.05, 0.1) is 34.3 Å². The van der Waals surface area contributed by atoms with Gasteiger partial charge in [0.25, 0.3) is 17.5 Å². The Morgan fingerprint density at radius 2 is 1.55 bits per heavy atom. The molecule has 0 bridgehead atoms. The topological polar surface area (TPSA) is 144 Å². The first-order valence-electron chi connectivity index (χ1n) is 13.9. The molecule has 2 aromatic heterocycles. The number of carbonyl (C=O) groups is 3. The summed E-state index contributed by atoms with van der Waals surface area (Å²) in [5.74, 6) is -0.241. The molecule has 42 heavy (non-hydrogen) atoms. The number of piperidine rings is 1. The molecule has 3 amide bonds. The van der Waals surface area contributed by atoms with Crippen molar-refractivity contribution >= 4 is 23.6 Å². The SMILES string of the molecule is CC(C)(C)OC(=O)N1CCC(c2c(C(=O)N3CCN(C(=O)c4ccco4)CC3)cnn2-c2ccc([N+](=O)[O-])cc2)CC1. The Hall–Kier alpha value is -4.68. The normalized spacial score (nSPS) is 16.4. The summed E-state index contributed by atoms with van der Waals surface area (Å²) in [6.45, 7) is 7.81. The van der Waals surface area contributed by atoms with Crippen molar-refractivity contribution < 1.29 is 28.5 Å². The van der Waals surface area contributed by atoms with Crippen LogP contribution in [-0.2, 0) is 4.74 Å². The average Bonchev–Trinajstić information content (AvgIpc) is 3.67. The van der Waals surface area contributed by atoms with E-state index in [1.807, 2.05) is 20.8 Å². The number of ether oxygens (including phenoxy) is 1. The zero-order valence-corrected chi connectivity index (χ0v) is 23.9. The molecule has 0 spiro atoms. The predicted molar refractivity (Wildman–Crippen MR) is 151 cm³/mol. The molecule has 0 aliphatic carbocycles. The van der Waals surface area contributed by atoms with Crippen molar-refractivity contribution in [2.24, 2.45) is 0 Å². The van der Waals surface area contributed by atoms with Gasteiger partial charge in [0.15, 0.2) is 5.76 Å². The van der Waals surface area contributed by atoms with E-state index in [-0.39, 0.29) is 35.3 Å². The van der Waals surface area contributed by atoms with E-state index >= 15 is 0 Å². The number of hydrogen-bond donors (Lipinski definition) is 0. The molecule has 1 aromatic carbocycles. The fraction of sp³-hybridized carbons (Fsp3) is 0.448. The van der Waals surface area contributed by atoms with Crippen molar-refractivity contribution in [3.8, 4) is 5.69 Å². The third-order valence-corrected chi connectivity index (χ3v) is 7.46. The molecule has 0 radical (unpaired) electrons. The van der Waals surface area contributed by atoms with E-state index in [2.05, 4.69) is 5.10 Å². The summed E-state index contributed by atoms with van der Waals surface area (Å²) in [5, 5.41) is 15.7. The second-order valence-electron chi connectivity index (χ2n) is 11.4. The minimum absolute atomic E-state index is 0.0450. The highest BCUT2D eigenvalue weighted by Crippen LogP contribution is 2.34. The molecule has 222 valence electrons. The number of non-ortho nitro benzene ring substituents is 1. The molecule has 13 nitrogen and oxygen atoms in total. The van der Waals surface area contributed by atoms with E-state index in [0.29, 0.717) is 69.1 Å². The first kappa shape index (κ1) is 28.8. The fourth-order valence-electron chi connectivity index (χ4n) is 5.34. The number of hydrogen-bond acceptors (Lipinski definition) is 8. The quantitative estimate of drug-likeness (QED) is 0.325. The Morgan fingerprint density at radius 3 is 2.10 bits per heavy atom. The summed E-state index contributed by atoms with van der Waals surface area (Å²) < 4.78 is 12.4. The first-order valence-corrected chi connectivity index (χ1v) is 13.9. The van der Waals surface area contributed by atoms with Gasteiger partial charge in [-0.05, 0) is 57.9 Å². The standard InChI is InChI=1S/C29H34N6O7/c1-29(2,3)42-28(38)33-12-10-20(11-13-33)25-23(19-30-34(25)21-6-8-22(9-7-21)35(39)40)26(36)31-14-16-32(17-15-31)27(37)24-5-4-18-41-24/h4-9,18-20H,10-17H2,1-3H3. The molecular formula is C29H34N6O7. The van der Waals surface area contributed by atoms with Gasteiger partial charge in [0, 0.05) is 57.3 Å². The molecule has 0 unspecified atom stereocenters. The summed E-state index contributed by atoms with van der Waals surface area (Å²) in [5.41, 5.74) is 1.09. The van der Waals surface area contributed by atoms with Crippen LogP contribution in [0.25, 0.3) is 5.69 Å². The summed E-state index contributed by atoms with van der Waals surface area (Å²) in [6, 6.07) is 9.31. The molecule has 3 aromatic rings. The van der Waals surface area contributed by atoms with Gasteiger partial charge in [-0.1, -0.05) is 0 Å². The Labute approximate surface area is 242 Å². The molecule has 2 aliphatic heterocycles. The van der Waals surface area contributed by atoms with Crippen LogP contribution in [0.3, 0.4) is 0 Å². The van der Waals surface area contributed by atoms with Crippen molar-refractivity contribution in [1.82, 2.24) is 24.5 Å². The lowest BCUT2D eigenvalue weighted by Crippen LogP contribution is -2.50. The molecule has 2 fully saturated rings. The number of nitro groups is 1. The van der Waals surface area contributed by atoms with Gasteiger partial charge in [-0.15, -0.1) is 0 Å². The Balaban J connectivity index is 1.37. The van der Waals surface area contributed by atoms with Crippen molar-refractivity contribution in [2.75, 3.05) is 39.3 Å². The first-order chi connectivity index (χ1) is 20.0. The minimum Gasteiger partial charge on any atom is -0.459 e. The van der Waals surface area contributed by atoms with Crippen LogP contribution < -0.4 is 0 Å². The third-order valence-electron chi connectivity index (χ3n) is 7.46. The monoisotopic (exact) mass is 578 g/mol. The molecule has 0 atom stereocenters. The number of benzene rings is 1. The van der Waals surface area contributed by atoms with E-state index in [1.165, 1.54) is 18.4 Å². The molecular weight excluding hydrogens is 544 g/mol. The largest absolute Gasteiger partial charge is 0.459 e. The van der Waals surface area contributed by atoms with E-state index in [9.17, 15) is 24.5 Å². The summed E-state index contributed by atoms with van der Waals surface area (Å²) in [6.07, 6.45) is 3.80. The van der Waals surface area contributed by atoms with E-state index < -0.39 is 10.5 Å². The van der Waals surface area contributed by atoms with E-state index in [1.54, 1.807) is 49.8 Å². The second kappa shape index (κ2) is 11.7. The van der Waals surface area contributed by atoms with E-state index in [0.717, 1.165) is 0 Å². The van der Waals surface area contributed by atoms with Crippen molar-refractivity contribution in [2.45, 2.75) is 45.1 Å². The van der Waals surface area contributed by atoms with E-state index in [4.69, 9.17) is 9.15 Å². The van der Waals surface area contributed by atoms with Crippen LogP contribution in [0.15, 0.2) is 53.3 Å². The number of likely N-dealkylation sites (tertiary alicyclic amines) is 1. The number of rotatable bonds is 5. The smallest absolute Gasteiger partial charge is 0.410 e. The summed E-state index contributed by atoms with van der Waals surface area (Å²) in [4.78, 5) is 55.0. The average molecular weight is 579 g/mol. The summed E-state index contributed by atoms with van der Waals surface area (Å²) in [7, 11) is 0. The van der Waals surface area contributed by atoms with Crippen LogP contribution >= 0.6 is 0 Å². The van der Waals surface area contributed by atoms with Crippen LogP contribution in [0.2, 0.25) is 0 Å². The van der Waals surface area contributed by atoms with Crippen LogP contribution in [0, 0.1) is 10.1 Å². The van der Waals surface area contributed by atoms with Gasteiger partial charge < -0.3 is 23.9 Å². The van der Waals surface area contributed by atoms with Crippen molar-refractivity contribution in [3.63, 3.8) is 0 Å². The Kier molecular flexibility index (Phi) is 8.01. The molecule has 2 saturated heterocycles. The molecule has 13 heteroatoms. The van der Waals surface area contributed by atoms with Crippen molar-refractivity contribution in [3.05, 3.63) is 76.0 Å². The highest BCUT2D eigenvalue weighted by molar-refractivity contribution is 5.96. The van der Waals surface area contributed by atoms with Gasteiger partial charge >= 0.3 is 6.09 Å². The number of amides is 3. The van der Waals surface area contributed by atoms with Crippen molar-refractivity contribution in [1.29, 1.82) is 0 Å². The zero-order valence-electron chi connectivity index (χ0n) is 23.9. The number of nitrogens with zero attached hydrogens (tertiary/aromatic N) is 6. The number of aromatic nitrogens is 2. The zero-order chi connectivity index (χ0) is 30.0. The lowest BCUT2D eigenvalue weighted by Gasteiger charge is -2.35. The van der Waals surface area contributed by atoms with Gasteiger partial charge in [-0.2, -0.15) is 5.10 Å². The molecule has 5 rings (SSSR count). The number of nitro benzene ring substituents is 1. The van der Waals surface area contributed by atoms with Crippen LogP contribution in [0.1, 0.15) is 66.1 Å². The van der Waals surface area contributed by atoms with Crippen LogP contribution in [-0.4, -0.2) is 92.2 Å². The van der Waals surface area contributed by atoms with Gasteiger partial charge in [0.1, 0.15) is 5.60 Å². The predicted octanol–water partition coefficient (Wildman–Crippen LogP) is 4.09. The lowest BCUT2D eigenvalue weighted by molar-refractivity contribution is -0.384. The second-order valence-corrected chi connectivity index (χ2v) is 11.4. The Bertz CT molecular complexity index is 1440. The Morgan fingerprint density at radius 1 is 0.929 bits per heavy atom. The maximum Gasteiger partial charge on any atom is 0.410 e.